The average molecular weight is 312 g/mol. The maximum Gasteiger partial charge on any atom is 0.214 e. The van der Waals surface area contributed by atoms with Crippen molar-refractivity contribution in [1.82, 2.24) is 4.31 Å². The van der Waals surface area contributed by atoms with Gasteiger partial charge in [0.15, 0.2) is 0 Å². The van der Waals surface area contributed by atoms with Gasteiger partial charge in [0, 0.05) is 17.9 Å². The van der Waals surface area contributed by atoms with Gasteiger partial charge < -0.3 is 0 Å². The van der Waals surface area contributed by atoms with Crippen molar-refractivity contribution in [2.45, 2.75) is 46.1 Å². The minimum atomic E-state index is -3.05. The van der Waals surface area contributed by atoms with Gasteiger partial charge in [-0.2, -0.15) is 4.31 Å². The molecule has 3 nitrogen and oxygen atoms in total. The van der Waals surface area contributed by atoms with Crippen LogP contribution >= 0.6 is 15.9 Å². The predicted molar refractivity (Wildman–Crippen MR) is 71.4 cm³/mol. The summed E-state index contributed by atoms with van der Waals surface area (Å²) in [6.45, 7) is 6.93. The van der Waals surface area contributed by atoms with E-state index in [-0.39, 0.29) is 17.2 Å². The summed E-state index contributed by atoms with van der Waals surface area (Å²) in [5.74, 6) is 0.278. The molecule has 0 aromatic rings. The van der Waals surface area contributed by atoms with E-state index >= 15 is 0 Å². The van der Waals surface area contributed by atoms with Crippen LogP contribution in [-0.4, -0.2) is 36.4 Å². The van der Waals surface area contributed by atoms with E-state index in [1.54, 1.807) is 4.31 Å². The Morgan fingerprint density at radius 3 is 2.50 bits per heavy atom. The minimum Gasteiger partial charge on any atom is -0.212 e. The monoisotopic (exact) mass is 311 g/mol. The van der Waals surface area contributed by atoms with E-state index in [1.165, 1.54) is 0 Å². The molecule has 1 rings (SSSR count). The second-order valence-electron chi connectivity index (χ2n) is 5.69. The molecule has 1 saturated heterocycles. The molecule has 0 saturated carbocycles. The molecule has 96 valence electrons. The molecule has 1 heterocycles. The standard InChI is InChI=1S/C11H22BrNO2S/c1-11(2,3)6-8-16(14,15)13-7-4-5-10(13)9-12/h10H,4-9H2,1-3H3. The van der Waals surface area contributed by atoms with Crippen molar-refractivity contribution in [2.75, 3.05) is 17.6 Å². The second-order valence-corrected chi connectivity index (χ2v) is 8.38. The van der Waals surface area contributed by atoms with Crippen LogP contribution in [0.3, 0.4) is 0 Å². The lowest BCUT2D eigenvalue weighted by molar-refractivity contribution is 0.378. The minimum absolute atomic E-state index is 0.0801. The number of hydrogen-bond donors (Lipinski definition) is 0. The molecule has 0 spiro atoms. The highest BCUT2D eigenvalue weighted by Crippen LogP contribution is 2.26. The molecule has 1 unspecified atom stereocenters. The van der Waals surface area contributed by atoms with Gasteiger partial charge in [-0.1, -0.05) is 36.7 Å². The zero-order valence-corrected chi connectivity index (χ0v) is 12.8. The molecule has 1 aliphatic heterocycles. The Morgan fingerprint density at radius 1 is 1.38 bits per heavy atom. The van der Waals surface area contributed by atoms with Gasteiger partial charge in [-0.05, 0) is 24.7 Å². The molecule has 0 amide bonds. The third-order valence-electron chi connectivity index (χ3n) is 2.97. The highest BCUT2D eigenvalue weighted by Gasteiger charge is 2.33. The maximum atomic E-state index is 12.2. The lowest BCUT2D eigenvalue weighted by atomic mass is 9.94. The van der Waals surface area contributed by atoms with E-state index in [9.17, 15) is 8.42 Å². The molecule has 1 atom stereocenters. The molecule has 1 fully saturated rings. The summed E-state index contributed by atoms with van der Waals surface area (Å²) in [4.78, 5) is 0. The smallest absolute Gasteiger partial charge is 0.212 e. The third kappa shape index (κ3) is 4.00. The highest BCUT2D eigenvalue weighted by atomic mass is 79.9. The molecule has 0 bridgehead atoms. The van der Waals surface area contributed by atoms with Crippen LogP contribution in [0, 0.1) is 5.41 Å². The van der Waals surface area contributed by atoms with Crippen LogP contribution in [0.5, 0.6) is 0 Å². The molecule has 0 N–H and O–H groups in total. The lowest BCUT2D eigenvalue weighted by Crippen LogP contribution is -2.38. The van der Waals surface area contributed by atoms with Crippen molar-refractivity contribution in [1.29, 1.82) is 0 Å². The van der Waals surface area contributed by atoms with Crippen LogP contribution in [0.1, 0.15) is 40.0 Å². The first kappa shape index (κ1) is 14.5. The first-order chi connectivity index (χ1) is 7.26. The van der Waals surface area contributed by atoms with Crippen LogP contribution < -0.4 is 0 Å². The number of hydrogen-bond acceptors (Lipinski definition) is 2. The van der Waals surface area contributed by atoms with Crippen molar-refractivity contribution in [2.24, 2.45) is 5.41 Å². The molecule has 0 aromatic carbocycles. The van der Waals surface area contributed by atoms with Crippen molar-refractivity contribution in [3.05, 3.63) is 0 Å². The van der Waals surface area contributed by atoms with Gasteiger partial charge in [-0.25, -0.2) is 8.42 Å². The molecule has 0 aromatic heterocycles. The van der Waals surface area contributed by atoms with E-state index in [1.807, 2.05) is 0 Å². The molecular weight excluding hydrogens is 290 g/mol. The zero-order valence-electron chi connectivity index (χ0n) is 10.4. The highest BCUT2D eigenvalue weighted by molar-refractivity contribution is 9.09. The van der Waals surface area contributed by atoms with Crippen molar-refractivity contribution >= 4 is 26.0 Å². The van der Waals surface area contributed by atoms with Gasteiger partial charge in [0.05, 0.1) is 5.75 Å². The molecule has 0 radical (unpaired) electrons. The zero-order chi connectivity index (χ0) is 12.4. The van der Waals surface area contributed by atoms with E-state index in [0.29, 0.717) is 6.54 Å². The van der Waals surface area contributed by atoms with E-state index in [4.69, 9.17) is 0 Å². The van der Waals surface area contributed by atoms with Crippen molar-refractivity contribution < 1.29 is 8.42 Å². The molecule has 0 aliphatic carbocycles. The number of rotatable bonds is 4. The second kappa shape index (κ2) is 5.36. The summed E-state index contributed by atoms with van der Waals surface area (Å²) >= 11 is 3.39. The first-order valence-electron chi connectivity index (χ1n) is 5.82. The molecule has 5 heteroatoms. The number of halogens is 1. The van der Waals surface area contributed by atoms with Gasteiger partial charge in [0.2, 0.25) is 10.0 Å². The number of nitrogens with zero attached hydrogens (tertiary/aromatic N) is 1. The predicted octanol–water partition coefficient (Wildman–Crippen LogP) is 2.61. The summed E-state index contributed by atoms with van der Waals surface area (Å²) in [6, 6.07) is 0.171. The normalized spacial score (nSPS) is 23.9. The fourth-order valence-electron chi connectivity index (χ4n) is 1.88. The Labute approximate surface area is 108 Å². The molecule has 1 aliphatic rings. The topological polar surface area (TPSA) is 37.4 Å². The van der Waals surface area contributed by atoms with Crippen LogP contribution in [0.4, 0.5) is 0 Å². The quantitative estimate of drug-likeness (QED) is 0.748. The van der Waals surface area contributed by atoms with E-state index < -0.39 is 10.0 Å². The Morgan fingerprint density at radius 2 is 2.00 bits per heavy atom. The van der Waals surface area contributed by atoms with Crippen molar-refractivity contribution in [3.8, 4) is 0 Å². The fraction of sp³-hybridized carbons (Fsp3) is 1.00. The van der Waals surface area contributed by atoms with Crippen LogP contribution in [-0.2, 0) is 10.0 Å². The Bertz CT molecular complexity index is 321. The Kier molecular flexibility index (Phi) is 4.84. The largest absolute Gasteiger partial charge is 0.214 e. The van der Waals surface area contributed by atoms with Gasteiger partial charge in [-0.3, -0.25) is 0 Å². The number of alkyl halides is 1. The average Bonchev–Trinajstić information content (AvgIpc) is 2.62. The van der Waals surface area contributed by atoms with Gasteiger partial charge in [0.25, 0.3) is 0 Å². The maximum absolute atomic E-state index is 12.2. The Hall–Kier alpha value is 0.390. The molecular formula is C11H22BrNO2S. The SMILES string of the molecule is CC(C)(C)CCS(=O)(=O)N1CCCC1CBr. The summed E-state index contributed by atoms with van der Waals surface area (Å²) < 4.78 is 26.0. The summed E-state index contributed by atoms with van der Waals surface area (Å²) in [5, 5.41) is 0.752. The van der Waals surface area contributed by atoms with Gasteiger partial charge >= 0.3 is 0 Å². The summed E-state index contributed by atoms with van der Waals surface area (Å²) in [5.41, 5.74) is 0.0801. The number of sulfonamides is 1. The van der Waals surface area contributed by atoms with Crippen molar-refractivity contribution in [3.63, 3.8) is 0 Å². The van der Waals surface area contributed by atoms with Crippen LogP contribution in [0.2, 0.25) is 0 Å². The summed E-state index contributed by atoms with van der Waals surface area (Å²) in [7, 11) is -3.05. The Balaban J connectivity index is 2.63. The van der Waals surface area contributed by atoms with Crippen LogP contribution in [0.25, 0.3) is 0 Å². The van der Waals surface area contributed by atoms with Gasteiger partial charge in [0.1, 0.15) is 0 Å². The lowest BCUT2D eigenvalue weighted by Gasteiger charge is -2.25. The third-order valence-corrected chi connectivity index (χ3v) is 5.63. The van der Waals surface area contributed by atoms with E-state index in [0.717, 1.165) is 24.6 Å². The molecule has 16 heavy (non-hydrogen) atoms. The van der Waals surface area contributed by atoms with E-state index in [2.05, 4.69) is 36.7 Å². The van der Waals surface area contributed by atoms with Gasteiger partial charge in [-0.15, -0.1) is 0 Å². The first-order valence-corrected chi connectivity index (χ1v) is 8.55. The fourth-order valence-corrected chi connectivity index (χ4v) is 4.89. The summed E-state index contributed by atoms with van der Waals surface area (Å²) in [6.07, 6.45) is 2.70. The van der Waals surface area contributed by atoms with Crippen LogP contribution in [0.15, 0.2) is 0 Å².